The minimum Gasteiger partial charge on any atom is -0.361 e. The number of nitriles is 1. The first kappa shape index (κ1) is 13.2. The average Bonchev–Trinajstić information content (AvgIpc) is 2.65. The molecule has 0 aliphatic rings. The summed E-state index contributed by atoms with van der Waals surface area (Å²) in [5, 5.41) is 10.7. The number of hydrogen-bond acceptors (Lipinski definition) is 1. The Bertz CT molecular complexity index is 444. The van der Waals surface area contributed by atoms with Gasteiger partial charge in [-0.3, -0.25) is 0 Å². The quantitative estimate of drug-likeness (QED) is 0.781. The van der Waals surface area contributed by atoms with Crippen LogP contribution in [0.4, 0.5) is 0 Å². The van der Waals surface area contributed by atoms with E-state index in [-0.39, 0.29) is 0 Å². The first-order valence-corrected chi connectivity index (χ1v) is 5.15. The van der Waals surface area contributed by atoms with Gasteiger partial charge in [-0.05, 0) is 12.5 Å². The SMILES string of the molecule is C=C/C=c1/c(CC#N)c[nH]/c1=C/C.CC. The zero-order valence-corrected chi connectivity index (χ0v) is 9.67. The van der Waals surface area contributed by atoms with E-state index < -0.39 is 0 Å². The van der Waals surface area contributed by atoms with Crippen LogP contribution in [0, 0.1) is 11.3 Å². The Morgan fingerprint density at radius 1 is 1.53 bits per heavy atom. The third-order valence-corrected chi connectivity index (χ3v) is 1.88. The minimum absolute atomic E-state index is 0.435. The molecule has 0 radical (unpaired) electrons. The maximum absolute atomic E-state index is 8.58. The van der Waals surface area contributed by atoms with E-state index in [9.17, 15) is 0 Å². The van der Waals surface area contributed by atoms with Crippen molar-refractivity contribution in [3.05, 3.63) is 35.0 Å². The van der Waals surface area contributed by atoms with E-state index in [4.69, 9.17) is 5.26 Å². The van der Waals surface area contributed by atoms with Gasteiger partial charge in [-0.25, -0.2) is 0 Å². The summed E-state index contributed by atoms with van der Waals surface area (Å²) < 4.78 is 0. The lowest BCUT2D eigenvalue weighted by Gasteiger charge is -1.84. The number of aromatic nitrogens is 1. The molecule has 1 aromatic heterocycles. The molecule has 0 atom stereocenters. The fourth-order valence-electron chi connectivity index (χ4n) is 1.28. The number of nitrogens with zero attached hydrogens (tertiary/aromatic N) is 1. The molecule has 0 saturated carbocycles. The van der Waals surface area contributed by atoms with Crippen LogP contribution in [-0.4, -0.2) is 4.98 Å². The van der Waals surface area contributed by atoms with Gasteiger partial charge in [0.15, 0.2) is 0 Å². The van der Waals surface area contributed by atoms with Gasteiger partial charge in [0.25, 0.3) is 0 Å². The smallest absolute Gasteiger partial charge is 0.0670 e. The molecule has 0 bridgehead atoms. The Balaban J connectivity index is 0.000000921. The Morgan fingerprint density at radius 2 is 2.20 bits per heavy atom. The standard InChI is InChI=1S/C11H12N2.C2H6/c1-3-5-10-9(6-7-12)8-13-11(10)4-2;1-2/h3-5,8,13H,1,6H2,2H3;1-2H3/b10-5-,11-4+;. The van der Waals surface area contributed by atoms with Crippen molar-refractivity contribution in [2.45, 2.75) is 27.2 Å². The van der Waals surface area contributed by atoms with Crippen LogP contribution in [0.5, 0.6) is 0 Å². The Hall–Kier alpha value is -1.75. The molecule has 0 aliphatic heterocycles. The summed E-state index contributed by atoms with van der Waals surface area (Å²) in [6.45, 7) is 9.61. The second-order valence-electron chi connectivity index (χ2n) is 2.67. The van der Waals surface area contributed by atoms with Gasteiger partial charge in [0.05, 0.1) is 12.5 Å². The van der Waals surface area contributed by atoms with Crippen molar-refractivity contribution in [1.82, 2.24) is 4.98 Å². The Morgan fingerprint density at radius 3 is 2.67 bits per heavy atom. The molecule has 1 aromatic rings. The molecule has 80 valence electrons. The predicted molar refractivity (Wildman–Crippen MR) is 65.5 cm³/mol. The Kier molecular flexibility index (Phi) is 6.74. The highest BCUT2D eigenvalue weighted by atomic mass is 14.7. The first-order chi connectivity index (χ1) is 7.33. The van der Waals surface area contributed by atoms with Crippen molar-refractivity contribution in [1.29, 1.82) is 5.26 Å². The third-order valence-electron chi connectivity index (χ3n) is 1.88. The molecular formula is C13H18N2. The summed E-state index contributed by atoms with van der Waals surface area (Å²) in [5.74, 6) is 0. The molecule has 0 fully saturated rings. The molecule has 2 heteroatoms. The molecule has 1 N–H and O–H groups in total. The zero-order valence-electron chi connectivity index (χ0n) is 9.67. The van der Waals surface area contributed by atoms with E-state index in [2.05, 4.69) is 17.6 Å². The number of allylic oxidation sites excluding steroid dienone is 1. The highest BCUT2D eigenvalue weighted by molar-refractivity contribution is 5.40. The monoisotopic (exact) mass is 202 g/mol. The second kappa shape index (κ2) is 7.64. The molecule has 0 aliphatic carbocycles. The van der Waals surface area contributed by atoms with Gasteiger partial charge in [-0.15, -0.1) is 0 Å². The van der Waals surface area contributed by atoms with Gasteiger partial charge in [-0.2, -0.15) is 5.26 Å². The van der Waals surface area contributed by atoms with Crippen LogP contribution >= 0.6 is 0 Å². The maximum atomic E-state index is 8.58. The Labute approximate surface area is 91.3 Å². The fraction of sp³-hybridized carbons (Fsp3) is 0.308. The summed E-state index contributed by atoms with van der Waals surface area (Å²) in [5.41, 5.74) is 1.02. The molecule has 0 unspecified atom stereocenters. The molecule has 1 heterocycles. The fourth-order valence-corrected chi connectivity index (χ4v) is 1.28. The van der Waals surface area contributed by atoms with Crippen LogP contribution in [0.1, 0.15) is 26.3 Å². The predicted octanol–water partition coefficient (Wildman–Crippen LogP) is 1.87. The zero-order chi connectivity index (χ0) is 11.7. The molecule has 0 aromatic carbocycles. The summed E-state index contributed by atoms with van der Waals surface area (Å²) in [6, 6.07) is 2.13. The lowest BCUT2D eigenvalue weighted by Crippen LogP contribution is -2.24. The number of aromatic amines is 1. The van der Waals surface area contributed by atoms with E-state index in [0.29, 0.717) is 6.42 Å². The molecule has 1 rings (SSSR count). The highest BCUT2D eigenvalue weighted by Gasteiger charge is 1.96. The summed E-state index contributed by atoms with van der Waals surface area (Å²) in [4.78, 5) is 3.11. The minimum atomic E-state index is 0.435. The van der Waals surface area contributed by atoms with E-state index in [0.717, 1.165) is 16.1 Å². The highest BCUT2D eigenvalue weighted by Crippen LogP contribution is 1.86. The summed E-state index contributed by atoms with van der Waals surface area (Å²) in [6.07, 6.45) is 7.93. The normalized spacial score (nSPS) is 11.6. The number of hydrogen-bond donors (Lipinski definition) is 1. The molecular weight excluding hydrogens is 184 g/mol. The maximum Gasteiger partial charge on any atom is 0.0670 e. The average molecular weight is 202 g/mol. The van der Waals surface area contributed by atoms with E-state index in [1.807, 2.05) is 39.1 Å². The van der Waals surface area contributed by atoms with Crippen LogP contribution in [0.25, 0.3) is 12.2 Å². The molecule has 15 heavy (non-hydrogen) atoms. The van der Waals surface area contributed by atoms with E-state index in [1.165, 1.54) is 0 Å². The number of H-pyrrole nitrogens is 1. The second-order valence-corrected chi connectivity index (χ2v) is 2.67. The molecule has 0 spiro atoms. The van der Waals surface area contributed by atoms with Crippen molar-refractivity contribution in [2.75, 3.05) is 0 Å². The van der Waals surface area contributed by atoms with Gasteiger partial charge in [-0.1, -0.05) is 38.7 Å². The lowest BCUT2D eigenvalue weighted by molar-refractivity contribution is 1.25. The van der Waals surface area contributed by atoms with Crippen LogP contribution < -0.4 is 10.6 Å². The van der Waals surface area contributed by atoms with Gasteiger partial charge in [0.1, 0.15) is 0 Å². The topological polar surface area (TPSA) is 39.6 Å². The van der Waals surface area contributed by atoms with Crippen molar-refractivity contribution in [3.63, 3.8) is 0 Å². The van der Waals surface area contributed by atoms with Crippen LogP contribution in [0.15, 0.2) is 18.9 Å². The third kappa shape index (κ3) is 3.47. The van der Waals surface area contributed by atoms with Crippen LogP contribution in [-0.2, 0) is 6.42 Å². The van der Waals surface area contributed by atoms with Crippen molar-refractivity contribution >= 4 is 12.2 Å². The van der Waals surface area contributed by atoms with Crippen LogP contribution in [0.3, 0.4) is 0 Å². The van der Waals surface area contributed by atoms with Gasteiger partial charge in [0, 0.05) is 16.8 Å². The summed E-state index contributed by atoms with van der Waals surface area (Å²) in [7, 11) is 0. The van der Waals surface area contributed by atoms with Gasteiger partial charge in [0.2, 0.25) is 0 Å². The molecule has 0 saturated heterocycles. The lowest BCUT2D eigenvalue weighted by atomic mass is 10.2. The van der Waals surface area contributed by atoms with Gasteiger partial charge < -0.3 is 4.98 Å². The molecule has 2 nitrogen and oxygen atoms in total. The van der Waals surface area contributed by atoms with E-state index >= 15 is 0 Å². The van der Waals surface area contributed by atoms with Gasteiger partial charge >= 0.3 is 0 Å². The largest absolute Gasteiger partial charge is 0.361 e. The summed E-state index contributed by atoms with van der Waals surface area (Å²) >= 11 is 0. The van der Waals surface area contributed by atoms with Crippen molar-refractivity contribution in [2.24, 2.45) is 0 Å². The van der Waals surface area contributed by atoms with Crippen LogP contribution in [0.2, 0.25) is 0 Å². The molecule has 0 amide bonds. The van der Waals surface area contributed by atoms with E-state index in [1.54, 1.807) is 6.08 Å². The number of nitrogens with one attached hydrogen (secondary N) is 1. The van der Waals surface area contributed by atoms with Crippen molar-refractivity contribution in [3.8, 4) is 6.07 Å². The van der Waals surface area contributed by atoms with Crippen molar-refractivity contribution < 1.29 is 0 Å². The first-order valence-electron chi connectivity index (χ1n) is 5.15. The number of rotatable bonds is 2.